The predicted octanol–water partition coefficient (Wildman–Crippen LogP) is 8.98. The lowest BCUT2D eigenvalue weighted by atomic mass is 10.0. The summed E-state index contributed by atoms with van der Waals surface area (Å²) >= 11 is 0. The molecule has 31 heavy (non-hydrogen) atoms. The highest BCUT2D eigenvalue weighted by atomic mass is 14.9. The molecule has 0 saturated carbocycles. The van der Waals surface area contributed by atoms with E-state index in [4.69, 9.17) is 0 Å². The van der Waals surface area contributed by atoms with E-state index in [2.05, 4.69) is 55.0 Å². The summed E-state index contributed by atoms with van der Waals surface area (Å²) in [5, 5.41) is 0. The van der Waals surface area contributed by atoms with Gasteiger partial charge in [-0.3, -0.25) is 0 Å². The van der Waals surface area contributed by atoms with Crippen LogP contribution in [0.5, 0.6) is 0 Å². The van der Waals surface area contributed by atoms with Crippen molar-refractivity contribution in [2.45, 2.75) is 117 Å². The van der Waals surface area contributed by atoms with Crippen LogP contribution in [-0.4, -0.2) is 9.97 Å². The van der Waals surface area contributed by atoms with E-state index < -0.39 is 0 Å². The molecular formula is C29H46N2. The Morgan fingerprint density at radius 3 is 1.71 bits per heavy atom. The summed E-state index contributed by atoms with van der Waals surface area (Å²) in [7, 11) is 0. The fraction of sp³-hybridized carbons (Fsp3) is 0.655. The molecule has 0 aliphatic rings. The Morgan fingerprint density at radius 2 is 1.13 bits per heavy atom. The molecule has 1 heterocycles. The van der Waals surface area contributed by atoms with Crippen molar-refractivity contribution in [3.63, 3.8) is 0 Å². The van der Waals surface area contributed by atoms with Gasteiger partial charge in [-0.15, -0.1) is 0 Å². The molecule has 0 aliphatic heterocycles. The van der Waals surface area contributed by atoms with Crippen LogP contribution < -0.4 is 0 Å². The molecule has 0 unspecified atom stereocenters. The Balaban J connectivity index is 1.64. The van der Waals surface area contributed by atoms with Crippen molar-refractivity contribution in [1.82, 2.24) is 9.97 Å². The van der Waals surface area contributed by atoms with E-state index in [1.54, 1.807) is 0 Å². The molecule has 2 aromatic rings. The summed E-state index contributed by atoms with van der Waals surface area (Å²) in [5.41, 5.74) is 3.82. The van der Waals surface area contributed by atoms with E-state index >= 15 is 0 Å². The first-order valence-corrected chi connectivity index (χ1v) is 13.1. The van der Waals surface area contributed by atoms with Gasteiger partial charge in [0.05, 0.1) is 0 Å². The van der Waals surface area contributed by atoms with E-state index in [-0.39, 0.29) is 0 Å². The number of hydrogen-bond donors (Lipinski definition) is 0. The average molecular weight is 423 g/mol. The average Bonchev–Trinajstić information content (AvgIpc) is 2.78. The molecule has 0 amide bonds. The maximum absolute atomic E-state index is 4.63. The van der Waals surface area contributed by atoms with Gasteiger partial charge in [-0.2, -0.15) is 0 Å². The summed E-state index contributed by atoms with van der Waals surface area (Å²) < 4.78 is 0. The largest absolute Gasteiger partial charge is 0.236 e. The number of unbranched alkanes of at least 4 members (excludes halogenated alkanes) is 10. The van der Waals surface area contributed by atoms with Crippen LogP contribution >= 0.6 is 0 Å². The lowest BCUT2D eigenvalue weighted by Crippen LogP contribution is -1.94. The number of aryl methyl sites for hydroxylation is 2. The fourth-order valence-electron chi connectivity index (χ4n) is 4.15. The molecule has 2 heteroatoms. The van der Waals surface area contributed by atoms with Gasteiger partial charge in [0.15, 0.2) is 5.82 Å². The molecule has 1 aromatic heterocycles. The number of nitrogens with zero attached hydrogens (tertiary/aromatic N) is 2. The first-order chi connectivity index (χ1) is 15.2. The fourth-order valence-corrected chi connectivity index (χ4v) is 4.15. The van der Waals surface area contributed by atoms with Gasteiger partial charge in [-0.25, -0.2) is 9.97 Å². The minimum absolute atomic E-state index is 0.844. The van der Waals surface area contributed by atoms with Gasteiger partial charge in [0.1, 0.15) is 0 Å². The molecule has 0 N–H and O–H groups in total. The molecule has 1 aromatic carbocycles. The standard InChI is InChI=1S/C29H46N2/c1-4-5-6-7-8-11-14-17-26-19-21-28(22-20-26)29-30-23-27(24-31-29)18-15-12-9-10-13-16-25(2)3/h19-25H,4-18H2,1-3H3. The summed E-state index contributed by atoms with van der Waals surface area (Å²) in [6, 6.07) is 8.87. The number of hydrogen-bond acceptors (Lipinski definition) is 2. The van der Waals surface area contributed by atoms with Crippen molar-refractivity contribution < 1.29 is 0 Å². The third-order valence-corrected chi connectivity index (χ3v) is 6.23. The second-order valence-corrected chi connectivity index (χ2v) is 9.68. The van der Waals surface area contributed by atoms with E-state index in [9.17, 15) is 0 Å². The summed E-state index contributed by atoms with van der Waals surface area (Å²) in [4.78, 5) is 9.25. The molecule has 0 radical (unpaired) electrons. The Labute approximate surface area is 192 Å². The maximum atomic E-state index is 4.63. The summed E-state index contributed by atoms with van der Waals surface area (Å²) in [6.45, 7) is 6.91. The minimum Gasteiger partial charge on any atom is -0.236 e. The van der Waals surface area contributed by atoms with Gasteiger partial charge >= 0.3 is 0 Å². The maximum Gasteiger partial charge on any atom is 0.159 e. The molecule has 2 nitrogen and oxygen atoms in total. The zero-order chi connectivity index (χ0) is 22.2. The normalized spacial score (nSPS) is 11.4. The Bertz CT molecular complexity index is 673. The van der Waals surface area contributed by atoms with E-state index in [0.717, 1.165) is 23.7 Å². The highest BCUT2D eigenvalue weighted by Gasteiger charge is 2.03. The first kappa shape index (κ1) is 25.6. The topological polar surface area (TPSA) is 25.8 Å². The van der Waals surface area contributed by atoms with Crippen molar-refractivity contribution >= 4 is 0 Å². The minimum atomic E-state index is 0.844. The van der Waals surface area contributed by atoms with Crippen molar-refractivity contribution in [3.05, 3.63) is 47.8 Å². The second kappa shape index (κ2) is 16.0. The van der Waals surface area contributed by atoms with Gasteiger partial charge in [-0.1, -0.05) is 116 Å². The quantitative estimate of drug-likeness (QED) is 0.238. The van der Waals surface area contributed by atoms with Crippen molar-refractivity contribution in [3.8, 4) is 11.4 Å². The first-order valence-electron chi connectivity index (χ1n) is 13.1. The van der Waals surface area contributed by atoms with Crippen molar-refractivity contribution in [2.24, 2.45) is 5.92 Å². The van der Waals surface area contributed by atoms with Gasteiger partial charge in [0.25, 0.3) is 0 Å². The lowest BCUT2D eigenvalue weighted by Gasteiger charge is -2.06. The van der Waals surface area contributed by atoms with Crippen LogP contribution in [0.3, 0.4) is 0 Å². The zero-order valence-corrected chi connectivity index (χ0v) is 20.5. The van der Waals surface area contributed by atoms with Crippen LogP contribution in [-0.2, 0) is 12.8 Å². The molecular weight excluding hydrogens is 376 g/mol. The zero-order valence-electron chi connectivity index (χ0n) is 20.5. The van der Waals surface area contributed by atoms with Crippen LogP contribution in [0.4, 0.5) is 0 Å². The lowest BCUT2D eigenvalue weighted by molar-refractivity contribution is 0.515. The van der Waals surface area contributed by atoms with Gasteiger partial charge < -0.3 is 0 Å². The molecule has 0 saturated heterocycles. The van der Waals surface area contributed by atoms with E-state index in [1.165, 1.54) is 101 Å². The monoisotopic (exact) mass is 422 g/mol. The smallest absolute Gasteiger partial charge is 0.159 e. The summed E-state index contributed by atoms with van der Waals surface area (Å²) in [6.07, 6.45) is 24.0. The third kappa shape index (κ3) is 11.5. The van der Waals surface area contributed by atoms with Crippen LogP contribution in [0.15, 0.2) is 36.7 Å². The molecule has 2 rings (SSSR count). The predicted molar refractivity (Wildman–Crippen MR) is 135 cm³/mol. The van der Waals surface area contributed by atoms with Gasteiger partial charge in [0.2, 0.25) is 0 Å². The number of aromatic nitrogens is 2. The Kier molecular flexibility index (Phi) is 13.2. The van der Waals surface area contributed by atoms with E-state index in [0.29, 0.717) is 0 Å². The van der Waals surface area contributed by atoms with Crippen molar-refractivity contribution in [2.75, 3.05) is 0 Å². The molecule has 172 valence electrons. The van der Waals surface area contributed by atoms with Crippen molar-refractivity contribution in [1.29, 1.82) is 0 Å². The molecule has 0 fully saturated rings. The number of rotatable bonds is 17. The Morgan fingerprint density at radius 1 is 0.613 bits per heavy atom. The summed E-state index contributed by atoms with van der Waals surface area (Å²) in [5.74, 6) is 1.69. The molecule has 0 atom stereocenters. The second-order valence-electron chi connectivity index (χ2n) is 9.68. The van der Waals surface area contributed by atoms with Crippen LogP contribution in [0.1, 0.15) is 115 Å². The van der Waals surface area contributed by atoms with Gasteiger partial charge in [-0.05, 0) is 42.7 Å². The van der Waals surface area contributed by atoms with Crippen LogP contribution in [0.25, 0.3) is 11.4 Å². The molecule has 0 bridgehead atoms. The highest BCUT2D eigenvalue weighted by molar-refractivity contribution is 5.55. The SMILES string of the molecule is CCCCCCCCCc1ccc(-c2ncc(CCCCCCCC(C)C)cn2)cc1. The van der Waals surface area contributed by atoms with Crippen LogP contribution in [0, 0.1) is 5.92 Å². The molecule has 0 spiro atoms. The molecule has 0 aliphatic carbocycles. The Hall–Kier alpha value is -1.70. The highest BCUT2D eigenvalue weighted by Crippen LogP contribution is 2.18. The van der Waals surface area contributed by atoms with Gasteiger partial charge in [0, 0.05) is 18.0 Å². The third-order valence-electron chi connectivity index (χ3n) is 6.23. The van der Waals surface area contributed by atoms with Crippen LogP contribution in [0.2, 0.25) is 0 Å². The number of benzene rings is 1. The van der Waals surface area contributed by atoms with E-state index in [1.807, 2.05) is 12.4 Å².